The Morgan fingerprint density at radius 2 is 2.17 bits per heavy atom. The lowest BCUT2D eigenvalue weighted by Crippen LogP contribution is -2.30. The molecule has 12 heavy (non-hydrogen) atoms. The van der Waals surface area contributed by atoms with Crippen molar-refractivity contribution >= 4 is 15.9 Å². The Morgan fingerprint density at radius 1 is 1.58 bits per heavy atom. The van der Waals surface area contributed by atoms with Crippen LogP contribution in [0, 0.1) is 5.95 Å². The highest BCUT2D eigenvalue weighted by molar-refractivity contribution is 9.10. The van der Waals surface area contributed by atoms with Crippen LogP contribution < -0.4 is 5.73 Å². The molecule has 0 aliphatic rings. The highest BCUT2D eigenvalue weighted by atomic mass is 79.9. The number of pyridine rings is 1. The van der Waals surface area contributed by atoms with Crippen LogP contribution in [0.25, 0.3) is 0 Å². The summed E-state index contributed by atoms with van der Waals surface area (Å²) < 4.78 is 13.8. The van der Waals surface area contributed by atoms with Gasteiger partial charge >= 0.3 is 0 Å². The normalized spacial score (nSPS) is 11.8. The van der Waals surface area contributed by atoms with Crippen LogP contribution in [-0.2, 0) is 5.54 Å². The minimum Gasteiger partial charge on any atom is -0.322 e. The molecule has 0 saturated carbocycles. The first-order valence-electron chi connectivity index (χ1n) is 3.51. The minimum atomic E-state index is -0.694. The van der Waals surface area contributed by atoms with Crippen LogP contribution in [0.4, 0.5) is 4.39 Å². The molecule has 1 aromatic heterocycles. The van der Waals surface area contributed by atoms with Crippen LogP contribution >= 0.6 is 15.9 Å². The van der Waals surface area contributed by atoms with Crippen LogP contribution in [0.3, 0.4) is 0 Å². The van der Waals surface area contributed by atoms with Gasteiger partial charge in [0.25, 0.3) is 0 Å². The van der Waals surface area contributed by atoms with E-state index in [1.165, 1.54) is 6.20 Å². The maximum absolute atomic E-state index is 13.1. The van der Waals surface area contributed by atoms with Gasteiger partial charge in [-0.15, -0.1) is 0 Å². The summed E-state index contributed by atoms with van der Waals surface area (Å²) in [5.74, 6) is -0.509. The van der Waals surface area contributed by atoms with Crippen LogP contribution in [-0.4, -0.2) is 4.98 Å². The molecule has 0 bridgehead atoms. The molecule has 2 nitrogen and oxygen atoms in total. The Hall–Kier alpha value is -0.480. The quantitative estimate of drug-likeness (QED) is 0.755. The molecule has 0 atom stereocenters. The molecule has 0 aromatic carbocycles. The Balaban J connectivity index is 3.23. The molecule has 2 N–H and O–H groups in total. The maximum Gasteiger partial charge on any atom is 0.217 e. The Labute approximate surface area is 79.1 Å². The molecule has 0 aliphatic carbocycles. The van der Waals surface area contributed by atoms with Crippen molar-refractivity contribution in [2.45, 2.75) is 19.4 Å². The molecule has 0 spiro atoms. The fourth-order valence-electron chi connectivity index (χ4n) is 0.874. The second-order valence-electron chi connectivity index (χ2n) is 3.21. The Kier molecular flexibility index (Phi) is 2.49. The molecular weight excluding hydrogens is 223 g/mol. The summed E-state index contributed by atoms with van der Waals surface area (Å²) in [7, 11) is 0. The van der Waals surface area contributed by atoms with E-state index < -0.39 is 11.5 Å². The summed E-state index contributed by atoms with van der Waals surface area (Å²) in [6.07, 6.45) is 1.41. The zero-order chi connectivity index (χ0) is 9.35. The van der Waals surface area contributed by atoms with E-state index in [4.69, 9.17) is 5.73 Å². The third-order valence-corrected chi connectivity index (χ3v) is 1.93. The van der Waals surface area contributed by atoms with E-state index in [9.17, 15) is 4.39 Å². The maximum atomic E-state index is 13.1. The van der Waals surface area contributed by atoms with E-state index in [0.717, 1.165) is 4.47 Å². The first kappa shape index (κ1) is 9.61. The average molecular weight is 233 g/mol. The molecule has 0 aliphatic heterocycles. The molecule has 0 unspecified atom stereocenters. The van der Waals surface area contributed by atoms with Gasteiger partial charge in [-0.25, -0.2) is 4.98 Å². The van der Waals surface area contributed by atoms with Gasteiger partial charge in [0.05, 0.1) is 0 Å². The van der Waals surface area contributed by atoms with Gasteiger partial charge in [0.2, 0.25) is 5.95 Å². The molecule has 1 heterocycles. The topological polar surface area (TPSA) is 38.9 Å². The first-order valence-corrected chi connectivity index (χ1v) is 4.31. The third kappa shape index (κ3) is 2.01. The van der Waals surface area contributed by atoms with Crippen molar-refractivity contribution in [3.63, 3.8) is 0 Å². The average Bonchev–Trinajstić information content (AvgIpc) is 1.92. The largest absolute Gasteiger partial charge is 0.322 e. The number of halogens is 2. The van der Waals surface area contributed by atoms with E-state index >= 15 is 0 Å². The van der Waals surface area contributed by atoms with Crippen LogP contribution in [0.15, 0.2) is 16.7 Å². The monoisotopic (exact) mass is 232 g/mol. The SMILES string of the molecule is CC(C)(N)c1cc(Br)cnc1F. The summed E-state index contributed by atoms with van der Waals surface area (Å²) in [5.41, 5.74) is 5.45. The number of hydrogen-bond donors (Lipinski definition) is 1. The highest BCUT2D eigenvalue weighted by Crippen LogP contribution is 2.22. The summed E-state index contributed by atoms with van der Waals surface area (Å²) in [6, 6.07) is 1.64. The van der Waals surface area contributed by atoms with Gasteiger partial charge in [0, 0.05) is 21.8 Å². The lowest BCUT2D eigenvalue weighted by atomic mass is 9.97. The van der Waals surface area contributed by atoms with Gasteiger partial charge in [-0.2, -0.15) is 4.39 Å². The van der Waals surface area contributed by atoms with E-state index in [2.05, 4.69) is 20.9 Å². The molecular formula is C8H10BrFN2. The molecule has 0 fully saturated rings. The van der Waals surface area contributed by atoms with Crippen LogP contribution in [0.1, 0.15) is 19.4 Å². The number of nitrogens with zero attached hydrogens (tertiary/aromatic N) is 1. The summed E-state index contributed by atoms with van der Waals surface area (Å²) in [4.78, 5) is 3.55. The van der Waals surface area contributed by atoms with Gasteiger partial charge in [-0.05, 0) is 35.8 Å². The van der Waals surface area contributed by atoms with E-state index in [1.54, 1.807) is 19.9 Å². The van der Waals surface area contributed by atoms with Gasteiger partial charge in [0.1, 0.15) is 0 Å². The van der Waals surface area contributed by atoms with Crippen molar-refractivity contribution in [3.05, 3.63) is 28.2 Å². The van der Waals surface area contributed by atoms with Crippen molar-refractivity contribution in [2.24, 2.45) is 5.73 Å². The molecule has 1 rings (SSSR count). The predicted octanol–water partition coefficient (Wildman–Crippen LogP) is 2.18. The Morgan fingerprint density at radius 3 is 2.58 bits per heavy atom. The second kappa shape index (κ2) is 3.11. The van der Waals surface area contributed by atoms with Crippen molar-refractivity contribution in [2.75, 3.05) is 0 Å². The summed E-state index contributed by atoms with van der Waals surface area (Å²) in [6.45, 7) is 3.47. The van der Waals surface area contributed by atoms with Crippen molar-refractivity contribution < 1.29 is 4.39 Å². The molecule has 0 saturated heterocycles. The fourth-order valence-corrected chi connectivity index (χ4v) is 1.21. The van der Waals surface area contributed by atoms with E-state index in [1.807, 2.05) is 0 Å². The number of hydrogen-bond acceptors (Lipinski definition) is 2. The van der Waals surface area contributed by atoms with Crippen molar-refractivity contribution in [1.29, 1.82) is 0 Å². The number of aromatic nitrogens is 1. The van der Waals surface area contributed by atoms with E-state index in [0.29, 0.717) is 5.56 Å². The minimum absolute atomic E-state index is 0.414. The van der Waals surface area contributed by atoms with Gasteiger partial charge in [-0.1, -0.05) is 0 Å². The lowest BCUT2D eigenvalue weighted by Gasteiger charge is -2.19. The molecule has 66 valence electrons. The molecule has 1 aromatic rings. The lowest BCUT2D eigenvalue weighted by molar-refractivity contribution is 0.481. The fraction of sp³-hybridized carbons (Fsp3) is 0.375. The zero-order valence-electron chi connectivity index (χ0n) is 6.94. The number of rotatable bonds is 1. The number of nitrogens with two attached hydrogens (primary N) is 1. The standard InChI is InChI=1S/C8H10BrFN2/c1-8(2,11)6-3-5(9)4-12-7(6)10/h3-4H,11H2,1-2H3. The zero-order valence-corrected chi connectivity index (χ0v) is 8.52. The molecule has 0 amide bonds. The molecule has 0 radical (unpaired) electrons. The Bertz CT molecular complexity index is 294. The van der Waals surface area contributed by atoms with Crippen LogP contribution in [0.2, 0.25) is 0 Å². The molecule has 4 heteroatoms. The van der Waals surface area contributed by atoms with E-state index in [-0.39, 0.29) is 0 Å². The second-order valence-corrected chi connectivity index (χ2v) is 4.13. The van der Waals surface area contributed by atoms with Gasteiger partial charge < -0.3 is 5.73 Å². The van der Waals surface area contributed by atoms with Gasteiger partial charge in [-0.3, -0.25) is 0 Å². The summed E-state index contributed by atoms with van der Waals surface area (Å²) >= 11 is 3.20. The highest BCUT2D eigenvalue weighted by Gasteiger charge is 2.19. The smallest absolute Gasteiger partial charge is 0.217 e. The predicted molar refractivity (Wildman–Crippen MR) is 49.1 cm³/mol. The van der Waals surface area contributed by atoms with Crippen molar-refractivity contribution in [3.8, 4) is 0 Å². The van der Waals surface area contributed by atoms with Crippen molar-refractivity contribution in [1.82, 2.24) is 4.98 Å². The van der Waals surface area contributed by atoms with Gasteiger partial charge in [0.15, 0.2) is 0 Å². The van der Waals surface area contributed by atoms with Crippen LogP contribution in [0.5, 0.6) is 0 Å². The first-order chi connectivity index (χ1) is 5.41. The summed E-state index contributed by atoms with van der Waals surface area (Å²) in [5, 5.41) is 0. The third-order valence-electron chi connectivity index (χ3n) is 1.50.